The third-order valence-electron chi connectivity index (χ3n) is 4.43. The summed E-state index contributed by atoms with van der Waals surface area (Å²) in [6, 6.07) is 4.48. The van der Waals surface area contributed by atoms with Gasteiger partial charge in [-0.25, -0.2) is 0 Å². The Morgan fingerprint density at radius 1 is 1.17 bits per heavy atom. The van der Waals surface area contributed by atoms with Gasteiger partial charge in [0.25, 0.3) is 0 Å². The fourth-order valence-electron chi connectivity index (χ4n) is 3.03. The number of methoxy groups -OCH3 is 1. The van der Waals surface area contributed by atoms with Crippen LogP contribution in [0.25, 0.3) is 0 Å². The molecule has 0 saturated carbocycles. The van der Waals surface area contributed by atoms with Crippen molar-refractivity contribution in [3.8, 4) is 5.75 Å². The second kappa shape index (κ2) is 10.7. The molecule has 0 spiro atoms. The summed E-state index contributed by atoms with van der Waals surface area (Å²) in [6.45, 7) is 16.4. The Hall–Kier alpha value is -1.06. The van der Waals surface area contributed by atoms with Crippen molar-refractivity contribution >= 4 is 0 Å². The molecule has 1 N–H and O–H groups in total. The highest BCUT2D eigenvalue weighted by molar-refractivity contribution is 5.43. The number of rotatable bonds is 7. The SMILES string of the molecule is CC.COc1cc(C)c(CNCCN2CCCC2)cc1C(C)C. The summed E-state index contributed by atoms with van der Waals surface area (Å²) in [5.41, 5.74) is 4.00. The van der Waals surface area contributed by atoms with Gasteiger partial charge in [-0.1, -0.05) is 33.8 Å². The molecule has 1 aromatic rings. The fraction of sp³-hybridized carbons (Fsp3) is 0.700. The van der Waals surface area contributed by atoms with Crippen LogP contribution >= 0.6 is 0 Å². The minimum atomic E-state index is 0.490. The first-order valence-electron chi connectivity index (χ1n) is 9.22. The van der Waals surface area contributed by atoms with Crippen LogP contribution in [0.1, 0.15) is 63.1 Å². The minimum Gasteiger partial charge on any atom is -0.496 e. The van der Waals surface area contributed by atoms with E-state index in [2.05, 4.69) is 43.1 Å². The van der Waals surface area contributed by atoms with Crippen LogP contribution < -0.4 is 10.1 Å². The monoisotopic (exact) mass is 320 g/mol. The van der Waals surface area contributed by atoms with Crippen molar-refractivity contribution in [1.82, 2.24) is 10.2 Å². The zero-order valence-corrected chi connectivity index (χ0v) is 16.0. The summed E-state index contributed by atoms with van der Waals surface area (Å²) < 4.78 is 5.51. The van der Waals surface area contributed by atoms with Crippen molar-refractivity contribution in [2.45, 2.75) is 59.9 Å². The van der Waals surface area contributed by atoms with Crippen molar-refractivity contribution in [2.75, 3.05) is 33.3 Å². The number of nitrogens with zero attached hydrogens (tertiary/aromatic N) is 1. The van der Waals surface area contributed by atoms with Crippen molar-refractivity contribution in [1.29, 1.82) is 0 Å². The van der Waals surface area contributed by atoms with Gasteiger partial charge in [0, 0.05) is 19.6 Å². The Kier molecular flexibility index (Phi) is 9.27. The average molecular weight is 321 g/mol. The lowest BCUT2D eigenvalue weighted by Crippen LogP contribution is -2.29. The quantitative estimate of drug-likeness (QED) is 0.756. The van der Waals surface area contributed by atoms with Gasteiger partial charge in [-0.3, -0.25) is 0 Å². The molecule has 3 heteroatoms. The van der Waals surface area contributed by atoms with E-state index in [9.17, 15) is 0 Å². The summed E-state index contributed by atoms with van der Waals surface area (Å²) in [5, 5.41) is 3.59. The summed E-state index contributed by atoms with van der Waals surface area (Å²) in [6.07, 6.45) is 2.74. The number of benzene rings is 1. The summed E-state index contributed by atoms with van der Waals surface area (Å²) >= 11 is 0. The molecule has 0 radical (unpaired) electrons. The number of aryl methyl sites for hydroxylation is 1. The molecule has 0 bridgehead atoms. The molecule has 3 nitrogen and oxygen atoms in total. The van der Waals surface area contributed by atoms with Crippen molar-refractivity contribution in [2.24, 2.45) is 0 Å². The molecule has 1 aliphatic rings. The lowest BCUT2D eigenvalue weighted by atomic mass is 9.96. The van der Waals surface area contributed by atoms with Crippen molar-refractivity contribution in [3.63, 3.8) is 0 Å². The van der Waals surface area contributed by atoms with Gasteiger partial charge in [0.15, 0.2) is 0 Å². The highest BCUT2D eigenvalue weighted by Gasteiger charge is 2.12. The van der Waals surface area contributed by atoms with Crippen molar-refractivity contribution < 1.29 is 4.74 Å². The predicted octanol–water partition coefficient (Wildman–Crippen LogP) is 4.34. The zero-order valence-electron chi connectivity index (χ0n) is 16.0. The normalized spacial score (nSPS) is 14.7. The molecule has 1 fully saturated rings. The van der Waals surface area contributed by atoms with Crippen LogP contribution in [0.2, 0.25) is 0 Å². The van der Waals surface area contributed by atoms with Crippen molar-refractivity contribution in [3.05, 3.63) is 28.8 Å². The van der Waals surface area contributed by atoms with Crippen LogP contribution in [0.4, 0.5) is 0 Å². The Bertz CT molecular complexity index is 451. The number of ether oxygens (including phenoxy) is 1. The maximum Gasteiger partial charge on any atom is 0.122 e. The smallest absolute Gasteiger partial charge is 0.122 e. The number of hydrogen-bond donors (Lipinski definition) is 1. The first-order valence-corrected chi connectivity index (χ1v) is 9.22. The van der Waals surface area contributed by atoms with E-state index in [1.165, 1.54) is 49.2 Å². The van der Waals surface area contributed by atoms with Crippen LogP contribution in [0.5, 0.6) is 5.75 Å². The fourth-order valence-corrected chi connectivity index (χ4v) is 3.03. The highest BCUT2D eigenvalue weighted by atomic mass is 16.5. The number of likely N-dealkylation sites (tertiary alicyclic amines) is 1. The van der Waals surface area contributed by atoms with E-state index in [0.717, 1.165) is 18.8 Å². The second-order valence-electron chi connectivity index (χ2n) is 6.40. The maximum absolute atomic E-state index is 5.51. The predicted molar refractivity (Wildman–Crippen MR) is 101 cm³/mol. The highest BCUT2D eigenvalue weighted by Crippen LogP contribution is 2.29. The topological polar surface area (TPSA) is 24.5 Å². The molecule has 1 aromatic carbocycles. The van der Waals surface area contributed by atoms with E-state index in [-0.39, 0.29) is 0 Å². The first kappa shape index (κ1) is 20.0. The molecule has 0 amide bonds. The lowest BCUT2D eigenvalue weighted by molar-refractivity contribution is 0.335. The molecule has 132 valence electrons. The van der Waals surface area contributed by atoms with Gasteiger partial charge in [0.05, 0.1) is 7.11 Å². The van der Waals surface area contributed by atoms with E-state index in [1.807, 2.05) is 13.8 Å². The first-order chi connectivity index (χ1) is 11.1. The van der Waals surface area contributed by atoms with E-state index >= 15 is 0 Å². The van der Waals surface area contributed by atoms with Gasteiger partial charge in [-0.15, -0.1) is 0 Å². The Morgan fingerprint density at radius 2 is 1.83 bits per heavy atom. The van der Waals surface area contributed by atoms with Crippen LogP contribution in [0.15, 0.2) is 12.1 Å². The van der Waals surface area contributed by atoms with Crippen LogP contribution in [-0.2, 0) is 6.54 Å². The minimum absolute atomic E-state index is 0.490. The maximum atomic E-state index is 5.51. The molecule has 1 aliphatic heterocycles. The molecule has 2 rings (SSSR count). The van der Waals surface area contributed by atoms with Gasteiger partial charge < -0.3 is 15.0 Å². The standard InChI is InChI=1S/C18H30N2O.C2H6/c1-14(2)17-12-16(15(3)11-18(17)21-4)13-19-7-10-20-8-5-6-9-20;1-2/h11-12,14,19H,5-10,13H2,1-4H3;1-2H3. The number of hydrogen-bond acceptors (Lipinski definition) is 3. The van der Waals surface area contributed by atoms with Gasteiger partial charge in [0.1, 0.15) is 5.75 Å². The van der Waals surface area contributed by atoms with Gasteiger partial charge in [-0.05, 0) is 61.5 Å². The van der Waals surface area contributed by atoms with Gasteiger partial charge >= 0.3 is 0 Å². The molecule has 23 heavy (non-hydrogen) atoms. The molecule has 0 aromatic heterocycles. The Morgan fingerprint density at radius 3 is 2.39 bits per heavy atom. The van der Waals surface area contributed by atoms with Crippen LogP contribution in [0.3, 0.4) is 0 Å². The van der Waals surface area contributed by atoms with E-state index < -0.39 is 0 Å². The van der Waals surface area contributed by atoms with E-state index in [0.29, 0.717) is 5.92 Å². The molecular weight excluding hydrogens is 284 g/mol. The average Bonchev–Trinajstić information content (AvgIpc) is 3.07. The Labute approximate surface area is 143 Å². The molecule has 0 aliphatic carbocycles. The van der Waals surface area contributed by atoms with E-state index in [4.69, 9.17) is 4.74 Å². The number of nitrogens with one attached hydrogen (secondary N) is 1. The van der Waals surface area contributed by atoms with Gasteiger partial charge in [-0.2, -0.15) is 0 Å². The third-order valence-corrected chi connectivity index (χ3v) is 4.43. The molecular formula is C20H36N2O. The van der Waals surface area contributed by atoms with Crippen LogP contribution in [-0.4, -0.2) is 38.2 Å². The molecule has 0 unspecified atom stereocenters. The largest absolute Gasteiger partial charge is 0.496 e. The third kappa shape index (κ3) is 6.15. The summed E-state index contributed by atoms with van der Waals surface area (Å²) in [7, 11) is 1.76. The summed E-state index contributed by atoms with van der Waals surface area (Å²) in [4.78, 5) is 2.55. The van der Waals surface area contributed by atoms with Crippen LogP contribution in [0, 0.1) is 6.92 Å². The second-order valence-corrected chi connectivity index (χ2v) is 6.40. The van der Waals surface area contributed by atoms with E-state index in [1.54, 1.807) is 7.11 Å². The molecule has 1 heterocycles. The zero-order chi connectivity index (χ0) is 17.2. The lowest BCUT2D eigenvalue weighted by Gasteiger charge is -2.18. The Balaban J connectivity index is 0.00000127. The molecule has 0 atom stereocenters. The van der Waals surface area contributed by atoms with Gasteiger partial charge in [0.2, 0.25) is 0 Å². The summed E-state index contributed by atoms with van der Waals surface area (Å²) in [5.74, 6) is 1.51. The molecule has 1 saturated heterocycles.